The van der Waals surface area contributed by atoms with Gasteiger partial charge in [0.05, 0.1) is 6.04 Å². The lowest BCUT2D eigenvalue weighted by atomic mass is 9.83. The Kier molecular flexibility index (Phi) is 6.05. The maximum atomic E-state index is 12.9. The summed E-state index contributed by atoms with van der Waals surface area (Å²) in [6.45, 7) is 16.1. The van der Waals surface area contributed by atoms with Crippen LogP contribution in [-0.2, 0) is 11.4 Å². The Balaban J connectivity index is 2.02. The average molecular weight is 419 g/mol. The number of hydrogen-bond donors (Lipinski definition) is 1. The van der Waals surface area contributed by atoms with Gasteiger partial charge in [-0.2, -0.15) is 0 Å². The van der Waals surface area contributed by atoms with Gasteiger partial charge in [0.2, 0.25) is 0 Å². The van der Waals surface area contributed by atoms with Crippen LogP contribution in [0.5, 0.6) is 0 Å². The molecule has 1 aliphatic rings. The molecule has 3 heterocycles. The lowest BCUT2D eigenvalue weighted by Crippen LogP contribution is -2.41. The van der Waals surface area contributed by atoms with E-state index in [0.29, 0.717) is 11.1 Å². The first-order chi connectivity index (χ1) is 13.4. The highest BCUT2D eigenvalue weighted by atomic mass is 32.2. The van der Waals surface area contributed by atoms with E-state index in [4.69, 9.17) is 4.98 Å². The Bertz CT molecular complexity index is 938. The number of pyridine rings is 1. The minimum absolute atomic E-state index is 0.0797. The van der Waals surface area contributed by atoms with E-state index in [1.807, 2.05) is 46.9 Å². The first-order valence-electron chi connectivity index (χ1n) is 10.3. The summed E-state index contributed by atoms with van der Waals surface area (Å²) < 4.78 is 17.0. The number of aryl methyl sites for hydroxylation is 1. The molecule has 7 heteroatoms. The number of nitrogens with one attached hydrogen (secondary N) is 1. The molecule has 2 unspecified atom stereocenters. The smallest absolute Gasteiger partial charge is 0.259 e. The van der Waals surface area contributed by atoms with Crippen molar-refractivity contribution in [2.75, 3.05) is 18.0 Å². The van der Waals surface area contributed by atoms with Crippen molar-refractivity contribution in [3.8, 4) is 0 Å². The fourth-order valence-electron chi connectivity index (χ4n) is 3.58. The van der Waals surface area contributed by atoms with Crippen LogP contribution in [0.2, 0.25) is 0 Å². The topological polar surface area (TPSA) is 72.7 Å². The van der Waals surface area contributed by atoms with Gasteiger partial charge in [-0.15, -0.1) is 4.72 Å². The third kappa shape index (κ3) is 4.95. The van der Waals surface area contributed by atoms with Gasteiger partial charge in [-0.25, -0.2) is 4.98 Å². The Morgan fingerprint density at radius 2 is 1.86 bits per heavy atom. The van der Waals surface area contributed by atoms with Gasteiger partial charge < -0.3 is 9.45 Å². The van der Waals surface area contributed by atoms with Crippen molar-refractivity contribution < 1.29 is 4.55 Å². The van der Waals surface area contributed by atoms with Crippen molar-refractivity contribution in [2.45, 2.75) is 72.1 Å². The Labute approximate surface area is 177 Å². The quantitative estimate of drug-likeness (QED) is 0.766. The van der Waals surface area contributed by atoms with Crippen LogP contribution in [-0.4, -0.2) is 31.8 Å². The first kappa shape index (κ1) is 22.1. The van der Waals surface area contributed by atoms with Crippen molar-refractivity contribution in [2.24, 2.45) is 5.41 Å². The highest BCUT2D eigenvalue weighted by molar-refractivity contribution is 7.90. The second kappa shape index (κ2) is 7.93. The molecule has 0 aliphatic carbocycles. The van der Waals surface area contributed by atoms with Crippen molar-refractivity contribution in [3.63, 3.8) is 0 Å². The van der Waals surface area contributed by atoms with Crippen molar-refractivity contribution in [1.82, 2.24) is 14.1 Å². The molecular weight excluding hydrogens is 384 g/mol. The molecule has 160 valence electrons. The number of rotatable bonds is 4. The SMILES string of the molecule is Cc1cc(C(C)N[S+]([O-])C(C)(C)C)c2nc(N3CCC(C)(C)CC3)cc(=O)n2c1. The summed E-state index contributed by atoms with van der Waals surface area (Å²) >= 11 is -1.22. The van der Waals surface area contributed by atoms with E-state index in [2.05, 4.69) is 23.5 Å². The molecule has 2 atom stereocenters. The number of piperidine rings is 1. The fraction of sp³-hybridized carbons (Fsp3) is 0.636. The standard InChI is InChI=1S/C22H34N4O2S/c1-15-12-17(16(2)24-29(28)21(3,4)5)20-23-18(13-19(27)26(20)14-15)25-10-8-22(6,7)9-11-25/h12-14,16,24H,8-11H2,1-7H3. The predicted octanol–water partition coefficient (Wildman–Crippen LogP) is 3.74. The monoisotopic (exact) mass is 418 g/mol. The third-order valence-corrected chi connectivity index (χ3v) is 7.34. The number of fused-ring (bicyclic) bond motifs is 1. The number of aromatic nitrogens is 2. The zero-order chi connectivity index (χ0) is 21.6. The van der Waals surface area contributed by atoms with Crippen LogP contribution in [0.4, 0.5) is 5.82 Å². The van der Waals surface area contributed by atoms with E-state index in [-0.39, 0.29) is 16.3 Å². The highest BCUT2D eigenvalue weighted by Crippen LogP contribution is 2.32. The predicted molar refractivity (Wildman–Crippen MR) is 121 cm³/mol. The van der Waals surface area contributed by atoms with Gasteiger partial charge in [-0.3, -0.25) is 9.20 Å². The van der Waals surface area contributed by atoms with Gasteiger partial charge in [0.25, 0.3) is 5.56 Å². The zero-order valence-corrected chi connectivity index (χ0v) is 19.5. The van der Waals surface area contributed by atoms with Gasteiger partial charge >= 0.3 is 0 Å². The Morgan fingerprint density at radius 1 is 1.24 bits per heavy atom. The molecule has 0 aromatic carbocycles. The zero-order valence-electron chi connectivity index (χ0n) is 18.7. The average Bonchev–Trinajstić information content (AvgIpc) is 2.60. The number of nitrogens with zero attached hydrogens (tertiary/aromatic N) is 3. The van der Waals surface area contributed by atoms with Crippen LogP contribution in [0.15, 0.2) is 23.1 Å². The summed E-state index contributed by atoms with van der Waals surface area (Å²) in [7, 11) is 0. The largest absolute Gasteiger partial charge is 0.598 e. The summed E-state index contributed by atoms with van der Waals surface area (Å²) in [4.78, 5) is 20.0. The molecule has 1 N–H and O–H groups in total. The minimum atomic E-state index is -1.22. The molecule has 1 saturated heterocycles. The van der Waals surface area contributed by atoms with E-state index in [1.54, 1.807) is 10.5 Å². The normalized spacial score (nSPS) is 19.4. The van der Waals surface area contributed by atoms with Crippen molar-refractivity contribution >= 4 is 22.8 Å². The Hall–Kier alpha value is -1.57. The van der Waals surface area contributed by atoms with E-state index in [9.17, 15) is 9.35 Å². The highest BCUT2D eigenvalue weighted by Gasteiger charge is 2.30. The van der Waals surface area contributed by atoms with Gasteiger partial charge in [0.15, 0.2) is 0 Å². The first-order valence-corrected chi connectivity index (χ1v) is 11.5. The maximum absolute atomic E-state index is 12.9. The van der Waals surface area contributed by atoms with Gasteiger partial charge in [-0.1, -0.05) is 13.8 Å². The third-order valence-electron chi connectivity index (χ3n) is 5.66. The van der Waals surface area contributed by atoms with Gasteiger partial charge in [0.1, 0.15) is 16.2 Å². The summed E-state index contributed by atoms with van der Waals surface area (Å²) in [6.07, 6.45) is 3.99. The molecule has 1 aliphatic heterocycles. The van der Waals surface area contributed by atoms with Crippen LogP contribution in [0.3, 0.4) is 0 Å². The molecule has 3 rings (SSSR count). The van der Waals surface area contributed by atoms with E-state index in [1.165, 1.54) is 0 Å². The van der Waals surface area contributed by atoms with Gasteiger partial charge in [-0.05, 0) is 64.5 Å². The summed E-state index contributed by atoms with van der Waals surface area (Å²) in [6, 6.07) is 3.47. The number of hydrogen-bond acceptors (Lipinski definition) is 5. The molecule has 0 radical (unpaired) electrons. The molecule has 0 saturated carbocycles. The molecule has 29 heavy (non-hydrogen) atoms. The van der Waals surface area contributed by atoms with Crippen molar-refractivity contribution in [3.05, 3.63) is 39.8 Å². The van der Waals surface area contributed by atoms with E-state index >= 15 is 0 Å². The Morgan fingerprint density at radius 3 is 2.45 bits per heavy atom. The van der Waals surface area contributed by atoms with Crippen LogP contribution >= 0.6 is 0 Å². The molecule has 0 bridgehead atoms. The number of anilines is 1. The molecule has 6 nitrogen and oxygen atoms in total. The molecule has 2 aromatic rings. The second-order valence-corrected chi connectivity index (χ2v) is 12.0. The minimum Gasteiger partial charge on any atom is -0.598 e. The fourth-order valence-corrected chi connectivity index (χ4v) is 4.38. The molecule has 1 fully saturated rings. The molecule has 2 aromatic heterocycles. The van der Waals surface area contributed by atoms with Crippen molar-refractivity contribution in [1.29, 1.82) is 0 Å². The molecular formula is C22H34N4O2S. The summed E-state index contributed by atoms with van der Waals surface area (Å²) in [5, 5.41) is 0. The molecule has 0 spiro atoms. The lowest BCUT2D eigenvalue weighted by Gasteiger charge is -2.37. The maximum Gasteiger partial charge on any atom is 0.259 e. The van der Waals surface area contributed by atoms with Gasteiger partial charge in [0, 0.05) is 42.3 Å². The van der Waals surface area contributed by atoms with E-state index in [0.717, 1.165) is 42.9 Å². The van der Waals surface area contributed by atoms with Crippen LogP contribution < -0.4 is 15.2 Å². The summed E-state index contributed by atoms with van der Waals surface area (Å²) in [5.74, 6) is 0.736. The lowest BCUT2D eigenvalue weighted by molar-refractivity contribution is 0.279. The summed E-state index contributed by atoms with van der Waals surface area (Å²) in [5.41, 5.74) is 2.75. The van der Waals surface area contributed by atoms with E-state index < -0.39 is 11.4 Å². The van der Waals surface area contributed by atoms with Crippen LogP contribution in [0.1, 0.15) is 71.6 Å². The molecule has 0 amide bonds. The van der Waals surface area contributed by atoms with Crippen LogP contribution in [0, 0.1) is 12.3 Å². The van der Waals surface area contributed by atoms with Crippen LogP contribution in [0.25, 0.3) is 5.65 Å². The second-order valence-electron chi connectivity index (χ2n) is 9.99.